The lowest BCUT2D eigenvalue weighted by Gasteiger charge is -2.18. The van der Waals surface area contributed by atoms with Gasteiger partial charge in [-0.05, 0) is 30.3 Å². The lowest BCUT2D eigenvalue weighted by Crippen LogP contribution is -2.28. The second kappa shape index (κ2) is 9.09. The molecule has 0 radical (unpaired) electrons. The van der Waals surface area contributed by atoms with Crippen molar-refractivity contribution in [1.29, 1.82) is 0 Å². The van der Waals surface area contributed by atoms with Gasteiger partial charge in [0.15, 0.2) is 0 Å². The fraction of sp³-hybridized carbons (Fsp3) is 0.0870. The van der Waals surface area contributed by atoms with E-state index in [2.05, 4.69) is 15.3 Å². The number of benzene rings is 3. The third-order valence-corrected chi connectivity index (χ3v) is 5.30. The summed E-state index contributed by atoms with van der Waals surface area (Å²) in [7, 11) is 1.64. The number of amides is 2. The van der Waals surface area contributed by atoms with Gasteiger partial charge in [-0.3, -0.25) is 19.7 Å². The summed E-state index contributed by atoms with van der Waals surface area (Å²) in [6.45, 7) is 0.240. The molecule has 3 aromatic carbocycles. The highest BCUT2D eigenvalue weighted by molar-refractivity contribution is 6.34. The molecule has 1 heterocycles. The van der Waals surface area contributed by atoms with Crippen LogP contribution in [0.3, 0.4) is 0 Å². The molecule has 1 aromatic heterocycles. The van der Waals surface area contributed by atoms with Crippen LogP contribution in [-0.2, 0) is 6.54 Å². The molecule has 0 aliphatic rings. The summed E-state index contributed by atoms with van der Waals surface area (Å²) in [6, 6.07) is 17.7. The van der Waals surface area contributed by atoms with Gasteiger partial charge in [0.1, 0.15) is 5.82 Å². The quantitative estimate of drug-likeness (QED) is 0.318. The molecule has 33 heavy (non-hydrogen) atoms. The summed E-state index contributed by atoms with van der Waals surface area (Å²) in [6.07, 6.45) is 0. The minimum Gasteiger partial charge on any atom is -0.340 e. The number of nitrogens with zero attached hydrogens (tertiary/aromatic N) is 3. The first-order valence-electron chi connectivity index (χ1n) is 9.87. The summed E-state index contributed by atoms with van der Waals surface area (Å²) in [4.78, 5) is 45.3. The lowest BCUT2D eigenvalue weighted by atomic mass is 10.1. The van der Waals surface area contributed by atoms with Crippen LogP contribution >= 0.6 is 11.6 Å². The van der Waals surface area contributed by atoms with Crippen molar-refractivity contribution >= 4 is 45.8 Å². The summed E-state index contributed by atoms with van der Waals surface area (Å²) < 4.78 is 0. The number of imidazole rings is 1. The van der Waals surface area contributed by atoms with Crippen molar-refractivity contribution in [2.45, 2.75) is 6.54 Å². The Morgan fingerprint density at radius 3 is 2.55 bits per heavy atom. The number of nitro groups is 1. The van der Waals surface area contributed by atoms with E-state index in [1.165, 1.54) is 17.0 Å². The number of carbonyl (C=O) groups is 2. The number of anilines is 1. The fourth-order valence-electron chi connectivity index (χ4n) is 3.35. The number of nitro benzene ring substituents is 1. The summed E-state index contributed by atoms with van der Waals surface area (Å²) in [5.74, 6) is -0.275. The van der Waals surface area contributed by atoms with Gasteiger partial charge in [-0.2, -0.15) is 0 Å². The number of carbonyl (C=O) groups excluding carboxylic acids is 2. The largest absolute Gasteiger partial charge is 0.340 e. The molecule has 166 valence electrons. The zero-order valence-corrected chi connectivity index (χ0v) is 18.2. The fourth-order valence-corrected chi connectivity index (χ4v) is 3.61. The van der Waals surface area contributed by atoms with Crippen molar-refractivity contribution in [2.24, 2.45) is 0 Å². The number of halogens is 1. The summed E-state index contributed by atoms with van der Waals surface area (Å²) in [5, 5.41) is 13.5. The molecule has 0 saturated heterocycles. The number of hydrogen-bond acceptors (Lipinski definition) is 5. The summed E-state index contributed by atoms with van der Waals surface area (Å²) >= 11 is 6.06. The Morgan fingerprint density at radius 2 is 1.82 bits per heavy atom. The molecule has 4 rings (SSSR count). The summed E-state index contributed by atoms with van der Waals surface area (Å²) in [5.41, 5.74) is 2.09. The topological polar surface area (TPSA) is 121 Å². The third-order valence-electron chi connectivity index (χ3n) is 4.99. The van der Waals surface area contributed by atoms with E-state index >= 15 is 0 Å². The minimum atomic E-state index is -0.598. The molecule has 0 unspecified atom stereocenters. The molecular weight excluding hydrogens is 446 g/mol. The van der Waals surface area contributed by atoms with E-state index in [9.17, 15) is 19.7 Å². The Hall–Kier alpha value is -4.24. The highest BCUT2D eigenvalue weighted by atomic mass is 35.5. The maximum Gasteiger partial charge on any atom is 0.270 e. The van der Waals surface area contributed by atoms with Gasteiger partial charge in [-0.1, -0.05) is 35.9 Å². The van der Waals surface area contributed by atoms with Gasteiger partial charge in [0.05, 0.1) is 44.3 Å². The average Bonchev–Trinajstić information content (AvgIpc) is 3.21. The van der Waals surface area contributed by atoms with Crippen LogP contribution in [-0.4, -0.2) is 38.7 Å². The van der Waals surface area contributed by atoms with Crippen molar-refractivity contribution in [3.8, 4) is 0 Å². The van der Waals surface area contributed by atoms with Crippen molar-refractivity contribution in [1.82, 2.24) is 14.9 Å². The number of hydrogen-bond donors (Lipinski definition) is 2. The molecule has 2 N–H and O–H groups in total. The molecule has 0 spiro atoms. The molecule has 0 aliphatic heterocycles. The van der Waals surface area contributed by atoms with E-state index in [1.807, 2.05) is 24.3 Å². The molecule has 0 saturated carbocycles. The monoisotopic (exact) mass is 463 g/mol. The van der Waals surface area contributed by atoms with Gasteiger partial charge in [0.2, 0.25) is 0 Å². The number of aromatic amines is 1. The van der Waals surface area contributed by atoms with Crippen LogP contribution in [0.15, 0.2) is 66.7 Å². The molecule has 2 amide bonds. The lowest BCUT2D eigenvalue weighted by molar-refractivity contribution is -0.384. The number of nitrogens with one attached hydrogen (secondary N) is 2. The molecule has 0 aliphatic carbocycles. The maximum absolute atomic E-state index is 13.1. The zero-order valence-electron chi connectivity index (χ0n) is 17.4. The van der Waals surface area contributed by atoms with E-state index in [0.29, 0.717) is 11.5 Å². The predicted molar refractivity (Wildman–Crippen MR) is 124 cm³/mol. The standard InChI is InChI=1S/C23H18ClN5O4/c1-28(13-21-25-19-8-4-5-9-20(19)26-21)23(31)16-6-2-3-7-18(16)27-22(30)15-11-10-14(29(32)33)12-17(15)24/h2-12H,13H2,1H3,(H,25,26)(H,27,30). The smallest absolute Gasteiger partial charge is 0.270 e. The van der Waals surface area contributed by atoms with Crippen LogP contribution in [0.25, 0.3) is 11.0 Å². The second-order valence-corrected chi connectivity index (χ2v) is 7.69. The Morgan fingerprint density at radius 1 is 1.09 bits per heavy atom. The molecule has 0 bridgehead atoms. The molecule has 0 atom stereocenters. The van der Waals surface area contributed by atoms with Crippen LogP contribution in [0.1, 0.15) is 26.5 Å². The van der Waals surface area contributed by atoms with Crippen molar-refractivity contribution in [3.63, 3.8) is 0 Å². The van der Waals surface area contributed by atoms with Gasteiger partial charge in [0, 0.05) is 19.2 Å². The van der Waals surface area contributed by atoms with Gasteiger partial charge in [0.25, 0.3) is 17.5 Å². The minimum absolute atomic E-state index is 0.0557. The van der Waals surface area contributed by atoms with E-state index in [4.69, 9.17) is 11.6 Å². The maximum atomic E-state index is 13.1. The zero-order chi connectivity index (χ0) is 23.5. The number of rotatable bonds is 6. The highest BCUT2D eigenvalue weighted by Crippen LogP contribution is 2.25. The number of H-pyrrole nitrogens is 1. The first-order chi connectivity index (χ1) is 15.8. The number of fused-ring (bicyclic) bond motifs is 1. The van der Waals surface area contributed by atoms with Crippen LogP contribution < -0.4 is 5.32 Å². The number of aromatic nitrogens is 2. The van der Waals surface area contributed by atoms with Gasteiger partial charge >= 0.3 is 0 Å². The van der Waals surface area contributed by atoms with Gasteiger partial charge in [-0.15, -0.1) is 0 Å². The first kappa shape index (κ1) is 22.0. The Balaban J connectivity index is 1.53. The van der Waals surface area contributed by atoms with E-state index < -0.39 is 10.8 Å². The second-order valence-electron chi connectivity index (χ2n) is 7.28. The molecule has 0 fully saturated rings. The van der Waals surface area contributed by atoms with Gasteiger partial charge < -0.3 is 15.2 Å². The SMILES string of the molecule is CN(Cc1nc2ccccc2[nH]1)C(=O)c1ccccc1NC(=O)c1ccc([N+](=O)[O-])cc1Cl. The average molecular weight is 464 g/mol. The number of non-ortho nitro benzene ring substituents is 1. The Bertz CT molecular complexity index is 1350. The van der Waals surface area contributed by atoms with Crippen LogP contribution in [0.5, 0.6) is 0 Å². The van der Waals surface area contributed by atoms with Crippen molar-refractivity contribution < 1.29 is 14.5 Å². The van der Waals surface area contributed by atoms with Crippen LogP contribution in [0.2, 0.25) is 5.02 Å². The third kappa shape index (κ3) is 4.68. The highest BCUT2D eigenvalue weighted by Gasteiger charge is 2.20. The number of para-hydroxylation sites is 3. The van der Waals surface area contributed by atoms with E-state index in [-0.39, 0.29) is 34.3 Å². The van der Waals surface area contributed by atoms with Crippen LogP contribution in [0, 0.1) is 10.1 Å². The van der Waals surface area contributed by atoms with Gasteiger partial charge in [-0.25, -0.2) is 4.98 Å². The normalized spacial score (nSPS) is 10.7. The Kier molecular flexibility index (Phi) is 6.05. The molecule has 4 aromatic rings. The van der Waals surface area contributed by atoms with Crippen LogP contribution in [0.4, 0.5) is 11.4 Å². The molecule has 10 heteroatoms. The van der Waals surface area contributed by atoms with E-state index in [0.717, 1.165) is 17.1 Å². The molecule has 9 nitrogen and oxygen atoms in total. The molecular formula is C23H18ClN5O4. The van der Waals surface area contributed by atoms with E-state index in [1.54, 1.807) is 31.3 Å². The first-order valence-corrected chi connectivity index (χ1v) is 10.2. The van der Waals surface area contributed by atoms with Crippen molar-refractivity contribution in [2.75, 3.05) is 12.4 Å². The van der Waals surface area contributed by atoms with Crippen molar-refractivity contribution in [3.05, 3.63) is 98.8 Å². The Labute approximate surface area is 193 Å². The predicted octanol–water partition coefficient (Wildman–Crippen LogP) is 4.65.